The van der Waals surface area contributed by atoms with Crippen LogP contribution in [0.2, 0.25) is 0 Å². The molecule has 32 heavy (non-hydrogen) atoms. The van der Waals surface area contributed by atoms with Gasteiger partial charge in [-0.15, -0.1) is 0 Å². The highest BCUT2D eigenvalue weighted by molar-refractivity contribution is 6.04. The number of rotatable bonds is 4. The molecule has 1 aliphatic rings. The number of benzene rings is 2. The SMILES string of the molecule is CC(C)c1ccccc1N1CC(C(=O)Nc2cc(C(F)(F)F)cc(C(F)(F)F)c2)CC1=O. The largest absolute Gasteiger partial charge is 0.416 e. The van der Waals surface area contributed by atoms with Crippen molar-refractivity contribution >= 4 is 23.2 Å². The summed E-state index contributed by atoms with van der Waals surface area (Å²) in [5.74, 6) is -2.00. The van der Waals surface area contributed by atoms with Crippen LogP contribution in [0, 0.1) is 5.92 Å². The molecule has 2 aromatic rings. The number of carbonyl (C=O) groups is 2. The van der Waals surface area contributed by atoms with Crippen LogP contribution in [-0.4, -0.2) is 18.4 Å². The van der Waals surface area contributed by atoms with E-state index in [2.05, 4.69) is 5.32 Å². The lowest BCUT2D eigenvalue weighted by Gasteiger charge is -2.22. The van der Waals surface area contributed by atoms with E-state index in [0.717, 1.165) is 5.56 Å². The molecule has 2 amide bonds. The first-order valence-corrected chi connectivity index (χ1v) is 9.77. The Hall–Kier alpha value is -3.04. The van der Waals surface area contributed by atoms with E-state index in [0.29, 0.717) is 17.8 Å². The van der Waals surface area contributed by atoms with Crippen molar-refractivity contribution in [1.29, 1.82) is 0 Å². The molecule has 0 spiro atoms. The Labute approximate surface area is 180 Å². The third-order valence-corrected chi connectivity index (χ3v) is 5.20. The van der Waals surface area contributed by atoms with Gasteiger partial charge in [-0.2, -0.15) is 26.3 Å². The van der Waals surface area contributed by atoms with Crippen molar-refractivity contribution in [3.63, 3.8) is 0 Å². The van der Waals surface area contributed by atoms with Crippen molar-refractivity contribution in [2.45, 2.75) is 38.5 Å². The molecular formula is C22H20F6N2O2. The summed E-state index contributed by atoms with van der Waals surface area (Å²) in [6.07, 6.45) is -10.3. The third kappa shape index (κ3) is 5.05. The molecule has 10 heteroatoms. The maximum absolute atomic E-state index is 13.0. The topological polar surface area (TPSA) is 49.4 Å². The highest BCUT2D eigenvalue weighted by Gasteiger charge is 2.39. The fourth-order valence-corrected chi connectivity index (χ4v) is 3.61. The summed E-state index contributed by atoms with van der Waals surface area (Å²) < 4.78 is 78.2. The van der Waals surface area contributed by atoms with Crippen molar-refractivity contribution < 1.29 is 35.9 Å². The summed E-state index contributed by atoms with van der Waals surface area (Å²) in [7, 11) is 0. The average molecular weight is 458 g/mol. The Morgan fingerprint density at radius 1 is 1.00 bits per heavy atom. The van der Waals surface area contributed by atoms with Crippen LogP contribution >= 0.6 is 0 Å². The molecular weight excluding hydrogens is 438 g/mol. The van der Waals surface area contributed by atoms with E-state index >= 15 is 0 Å². The summed E-state index contributed by atoms with van der Waals surface area (Å²) in [5, 5.41) is 2.12. The van der Waals surface area contributed by atoms with Gasteiger partial charge < -0.3 is 10.2 Å². The van der Waals surface area contributed by atoms with E-state index in [4.69, 9.17) is 0 Å². The molecule has 1 heterocycles. The number of amides is 2. The number of halogens is 6. The molecule has 3 rings (SSSR count). The Kier molecular flexibility index (Phi) is 6.26. The van der Waals surface area contributed by atoms with Gasteiger partial charge in [-0.05, 0) is 35.7 Å². The fourth-order valence-electron chi connectivity index (χ4n) is 3.61. The van der Waals surface area contributed by atoms with Crippen LogP contribution in [0.25, 0.3) is 0 Å². The Balaban J connectivity index is 1.84. The second-order valence-corrected chi connectivity index (χ2v) is 7.90. The molecule has 0 saturated carbocycles. The number of alkyl halides is 6. The zero-order valence-electron chi connectivity index (χ0n) is 17.1. The zero-order valence-corrected chi connectivity index (χ0v) is 17.1. The van der Waals surface area contributed by atoms with Crippen molar-refractivity contribution in [3.8, 4) is 0 Å². The van der Waals surface area contributed by atoms with E-state index in [1.54, 1.807) is 12.1 Å². The molecule has 4 nitrogen and oxygen atoms in total. The molecule has 172 valence electrons. The van der Waals surface area contributed by atoms with E-state index in [1.807, 2.05) is 26.0 Å². The third-order valence-electron chi connectivity index (χ3n) is 5.20. The monoisotopic (exact) mass is 458 g/mol. The van der Waals surface area contributed by atoms with Gasteiger partial charge in [0.2, 0.25) is 11.8 Å². The zero-order chi connectivity index (χ0) is 23.8. The van der Waals surface area contributed by atoms with Gasteiger partial charge in [-0.25, -0.2) is 0 Å². The van der Waals surface area contributed by atoms with Gasteiger partial charge in [0.05, 0.1) is 17.0 Å². The molecule has 1 unspecified atom stereocenters. The molecule has 2 aromatic carbocycles. The molecule has 1 atom stereocenters. The van der Waals surface area contributed by atoms with E-state index in [1.165, 1.54) is 4.90 Å². The van der Waals surface area contributed by atoms with Crippen molar-refractivity contribution in [2.75, 3.05) is 16.8 Å². The highest BCUT2D eigenvalue weighted by atomic mass is 19.4. The molecule has 0 bridgehead atoms. The maximum atomic E-state index is 13.0. The van der Waals surface area contributed by atoms with Crippen LogP contribution < -0.4 is 10.2 Å². The van der Waals surface area contributed by atoms with Crippen LogP contribution in [0.5, 0.6) is 0 Å². The predicted octanol–water partition coefficient (Wildman–Crippen LogP) is 5.84. The normalized spacial score (nSPS) is 17.2. The highest BCUT2D eigenvalue weighted by Crippen LogP contribution is 2.38. The van der Waals surface area contributed by atoms with Crippen LogP contribution in [0.15, 0.2) is 42.5 Å². The van der Waals surface area contributed by atoms with Gasteiger partial charge in [-0.1, -0.05) is 32.0 Å². The van der Waals surface area contributed by atoms with Crippen molar-refractivity contribution in [3.05, 3.63) is 59.2 Å². The van der Waals surface area contributed by atoms with Crippen LogP contribution in [0.1, 0.15) is 42.9 Å². The minimum Gasteiger partial charge on any atom is -0.326 e. The van der Waals surface area contributed by atoms with E-state index in [9.17, 15) is 35.9 Å². The number of hydrogen-bond acceptors (Lipinski definition) is 2. The molecule has 1 N–H and O–H groups in total. The van der Waals surface area contributed by atoms with Gasteiger partial charge >= 0.3 is 12.4 Å². The number of anilines is 2. The molecule has 1 saturated heterocycles. The van der Waals surface area contributed by atoms with Gasteiger partial charge in [0.15, 0.2) is 0 Å². The Morgan fingerprint density at radius 3 is 2.09 bits per heavy atom. The first kappa shape index (κ1) is 23.6. The van der Waals surface area contributed by atoms with Gasteiger partial charge in [0, 0.05) is 24.3 Å². The number of nitrogens with one attached hydrogen (secondary N) is 1. The van der Waals surface area contributed by atoms with Crippen LogP contribution in [-0.2, 0) is 21.9 Å². The van der Waals surface area contributed by atoms with E-state index in [-0.39, 0.29) is 30.9 Å². The smallest absolute Gasteiger partial charge is 0.326 e. The molecule has 1 fully saturated rings. The summed E-state index contributed by atoms with van der Waals surface area (Å²) in [6, 6.07) is 8.00. The van der Waals surface area contributed by atoms with Crippen LogP contribution in [0.4, 0.5) is 37.7 Å². The first-order chi connectivity index (χ1) is 14.8. The van der Waals surface area contributed by atoms with Gasteiger partial charge in [0.25, 0.3) is 0 Å². The Morgan fingerprint density at radius 2 is 1.56 bits per heavy atom. The number of para-hydroxylation sites is 1. The summed E-state index contributed by atoms with van der Waals surface area (Å²) in [5.41, 5.74) is -2.18. The lowest BCUT2D eigenvalue weighted by Crippen LogP contribution is -2.29. The fraction of sp³-hybridized carbons (Fsp3) is 0.364. The lowest BCUT2D eigenvalue weighted by molar-refractivity contribution is -0.143. The average Bonchev–Trinajstić information content (AvgIpc) is 3.08. The second-order valence-electron chi connectivity index (χ2n) is 7.90. The Bertz CT molecular complexity index is 998. The minimum atomic E-state index is -5.03. The predicted molar refractivity (Wildman–Crippen MR) is 106 cm³/mol. The van der Waals surface area contributed by atoms with Crippen LogP contribution in [0.3, 0.4) is 0 Å². The number of nitrogens with zero attached hydrogens (tertiary/aromatic N) is 1. The number of carbonyl (C=O) groups excluding carboxylic acids is 2. The lowest BCUT2D eigenvalue weighted by atomic mass is 10.0. The van der Waals surface area contributed by atoms with E-state index < -0.39 is 41.0 Å². The van der Waals surface area contributed by atoms with Gasteiger partial charge in [-0.3, -0.25) is 9.59 Å². The minimum absolute atomic E-state index is 0.0146. The van der Waals surface area contributed by atoms with Gasteiger partial charge in [0.1, 0.15) is 0 Å². The summed E-state index contributed by atoms with van der Waals surface area (Å²) in [4.78, 5) is 26.6. The van der Waals surface area contributed by atoms with Crippen molar-refractivity contribution in [2.24, 2.45) is 5.92 Å². The molecule has 0 radical (unpaired) electrons. The first-order valence-electron chi connectivity index (χ1n) is 9.77. The van der Waals surface area contributed by atoms with Crippen molar-refractivity contribution in [1.82, 2.24) is 0 Å². The maximum Gasteiger partial charge on any atom is 0.416 e. The quantitative estimate of drug-likeness (QED) is 0.586. The summed E-state index contributed by atoms with van der Waals surface area (Å²) in [6.45, 7) is 3.85. The standard InChI is InChI=1S/C22H20F6N2O2/c1-12(2)17-5-3-4-6-18(17)30-11-13(7-19(30)31)20(32)29-16-9-14(21(23,24)25)8-15(10-16)22(26,27)28/h3-6,8-10,12-13H,7,11H2,1-2H3,(H,29,32). The molecule has 1 aliphatic heterocycles. The summed E-state index contributed by atoms with van der Waals surface area (Å²) >= 11 is 0. The number of hydrogen-bond donors (Lipinski definition) is 1. The molecule has 0 aromatic heterocycles. The second kappa shape index (κ2) is 8.48. The molecule has 0 aliphatic carbocycles.